The predicted molar refractivity (Wildman–Crippen MR) is 75.6 cm³/mol. The van der Waals surface area contributed by atoms with Crippen molar-refractivity contribution in [1.82, 2.24) is 10.3 Å². The van der Waals surface area contributed by atoms with E-state index < -0.39 is 11.7 Å². The third kappa shape index (κ3) is 7.09. The Balaban J connectivity index is 2.36. The van der Waals surface area contributed by atoms with Crippen LogP contribution in [0.1, 0.15) is 26.5 Å². The molecule has 0 aliphatic carbocycles. The van der Waals surface area contributed by atoms with Crippen molar-refractivity contribution in [3.05, 3.63) is 11.1 Å². The van der Waals surface area contributed by atoms with Gasteiger partial charge in [-0.3, -0.25) is 5.32 Å². The van der Waals surface area contributed by atoms with Crippen LogP contribution >= 0.6 is 11.3 Å². The van der Waals surface area contributed by atoms with E-state index in [1.807, 2.05) is 26.2 Å². The van der Waals surface area contributed by atoms with Crippen molar-refractivity contribution in [2.75, 3.05) is 25.0 Å². The first-order valence-electron chi connectivity index (χ1n) is 6.16. The van der Waals surface area contributed by atoms with Gasteiger partial charge in [0.2, 0.25) is 0 Å². The van der Waals surface area contributed by atoms with Crippen LogP contribution in [-0.4, -0.2) is 41.5 Å². The molecule has 0 saturated heterocycles. The summed E-state index contributed by atoms with van der Waals surface area (Å²) in [6.45, 7) is 6.89. The van der Waals surface area contributed by atoms with E-state index in [1.54, 1.807) is 0 Å². The summed E-state index contributed by atoms with van der Waals surface area (Å²) >= 11 is 1.37. The first kappa shape index (κ1) is 15.9. The number of carbonyl (C=O) groups is 1. The van der Waals surface area contributed by atoms with E-state index >= 15 is 0 Å². The van der Waals surface area contributed by atoms with Crippen LogP contribution in [0.5, 0.6) is 0 Å². The maximum Gasteiger partial charge on any atom is 0.413 e. The molecule has 1 heterocycles. The molecule has 0 aliphatic heterocycles. The highest BCUT2D eigenvalue weighted by Gasteiger charge is 2.17. The van der Waals surface area contributed by atoms with Gasteiger partial charge in [-0.05, 0) is 20.8 Å². The molecule has 6 nitrogen and oxygen atoms in total. The lowest BCUT2D eigenvalue weighted by Crippen LogP contribution is -2.27. The molecule has 1 amide bonds. The van der Waals surface area contributed by atoms with Crippen molar-refractivity contribution < 1.29 is 14.6 Å². The van der Waals surface area contributed by atoms with Crippen molar-refractivity contribution in [2.45, 2.75) is 32.8 Å². The van der Waals surface area contributed by atoms with Gasteiger partial charge in [-0.2, -0.15) is 0 Å². The second-order valence-corrected chi connectivity index (χ2v) is 5.85. The van der Waals surface area contributed by atoms with Crippen molar-refractivity contribution >= 4 is 22.6 Å². The number of aromatic nitrogens is 1. The molecule has 0 bridgehead atoms. The Morgan fingerprint density at radius 3 is 2.84 bits per heavy atom. The molecule has 7 heteroatoms. The molecule has 0 aromatic carbocycles. The summed E-state index contributed by atoms with van der Waals surface area (Å²) in [5.41, 5.74) is 0.389. The fourth-order valence-corrected chi connectivity index (χ4v) is 2.02. The fourth-order valence-electron chi connectivity index (χ4n) is 1.29. The zero-order chi connectivity index (χ0) is 14.3. The fraction of sp³-hybridized carbons (Fsp3) is 0.667. The molecule has 108 valence electrons. The van der Waals surface area contributed by atoms with Crippen LogP contribution in [0.25, 0.3) is 0 Å². The normalized spacial score (nSPS) is 11.4. The van der Waals surface area contributed by atoms with Crippen LogP contribution in [0.2, 0.25) is 0 Å². The van der Waals surface area contributed by atoms with Crippen molar-refractivity contribution in [3.8, 4) is 0 Å². The standard InChI is InChI=1S/C12H21N3O3S/c1-12(2,3)18-11(17)15-10-14-9(8-19-10)4-5-13-6-7-16/h8,13,16H,4-7H2,1-3H3,(H,14,15,17). The summed E-state index contributed by atoms with van der Waals surface area (Å²) in [4.78, 5) is 15.8. The summed E-state index contributed by atoms with van der Waals surface area (Å²) in [6, 6.07) is 0. The lowest BCUT2D eigenvalue weighted by molar-refractivity contribution is 0.0636. The Labute approximate surface area is 117 Å². The first-order valence-corrected chi connectivity index (χ1v) is 7.04. The molecule has 0 radical (unpaired) electrons. The maximum absolute atomic E-state index is 11.5. The van der Waals surface area contributed by atoms with Gasteiger partial charge < -0.3 is 15.2 Å². The van der Waals surface area contributed by atoms with E-state index in [4.69, 9.17) is 9.84 Å². The Morgan fingerprint density at radius 2 is 2.21 bits per heavy atom. The van der Waals surface area contributed by atoms with Crippen molar-refractivity contribution in [1.29, 1.82) is 0 Å². The van der Waals surface area contributed by atoms with Crippen molar-refractivity contribution in [2.24, 2.45) is 0 Å². The molecule has 0 unspecified atom stereocenters. The number of nitrogens with one attached hydrogen (secondary N) is 2. The highest BCUT2D eigenvalue weighted by atomic mass is 32.1. The highest BCUT2D eigenvalue weighted by Crippen LogP contribution is 2.17. The zero-order valence-corrected chi connectivity index (χ0v) is 12.3. The second-order valence-electron chi connectivity index (χ2n) is 4.99. The molecule has 1 aromatic rings. The number of amides is 1. The van der Waals surface area contributed by atoms with Crippen LogP contribution in [0.15, 0.2) is 5.38 Å². The van der Waals surface area contributed by atoms with Crippen LogP contribution in [-0.2, 0) is 11.2 Å². The number of aliphatic hydroxyl groups excluding tert-OH is 1. The molecule has 3 N–H and O–H groups in total. The van der Waals surface area contributed by atoms with Gasteiger partial charge in [0.1, 0.15) is 5.60 Å². The number of hydrogen-bond acceptors (Lipinski definition) is 6. The number of thiazole rings is 1. The predicted octanol–water partition coefficient (Wildman–Crippen LogP) is 1.61. The van der Waals surface area contributed by atoms with Gasteiger partial charge >= 0.3 is 6.09 Å². The number of carbonyl (C=O) groups excluding carboxylic acids is 1. The smallest absolute Gasteiger partial charge is 0.413 e. The summed E-state index contributed by atoms with van der Waals surface area (Å²) in [5, 5.41) is 16.7. The van der Waals surface area contributed by atoms with E-state index in [1.165, 1.54) is 11.3 Å². The summed E-state index contributed by atoms with van der Waals surface area (Å²) in [7, 11) is 0. The van der Waals surface area contributed by atoms with E-state index in [-0.39, 0.29) is 6.61 Å². The lowest BCUT2D eigenvalue weighted by atomic mass is 10.2. The van der Waals surface area contributed by atoms with E-state index in [2.05, 4.69) is 15.6 Å². The Bertz CT molecular complexity index is 401. The van der Waals surface area contributed by atoms with E-state index in [0.717, 1.165) is 18.7 Å². The molecule has 1 rings (SSSR count). The third-order valence-electron chi connectivity index (χ3n) is 2.01. The minimum Gasteiger partial charge on any atom is -0.444 e. The number of anilines is 1. The van der Waals surface area contributed by atoms with Gasteiger partial charge in [0.15, 0.2) is 5.13 Å². The quantitative estimate of drug-likeness (QED) is 0.692. The summed E-state index contributed by atoms with van der Waals surface area (Å²) < 4.78 is 5.14. The molecule has 0 fully saturated rings. The van der Waals surface area contributed by atoms with Crippen LogP contribution in [0.3, 0.4) is 0 Å². The summed E-state index contributed by atoms with van der Waals surface area (Å²) in [6.07, 6.45) is 0.263. The number of rotatable bonds is 6. The minimum atomic E-state index is -0.515. The van der Waals surface area contributed by atoms with Crippen molar-refractivity contribution in [3.63, 3.8) is 0 Å². The zero-order valence-electron chi connectivity index (χ0n) is 11.5. The molecule has 19 heavy (non-hydrogen) atoms. The van der Waals surface area contributed by atoms with E-state index in [0.29, 0.717) is 11.7 Å². The molecule has 1 aromatic heterocycles. The maximum atomic E-state index is 11.5. The van der Waals surface area contributed by atoms with Crippen LogP contribution in [0.4, 0.5) is 9.93 Å². The van der Waals surface area contributed by atoms with Gasteiger partial charge in [0.25, 0.3) is 0 Å². The molecule has 0 atom stereocenters. The van der Waals surface area contributed by atoms with Gasteiger partial charge in [-0.15, -0.1) is 11.3 Å². The third-order valence-corrected chi connectivity index (χ3v) is 2.81. The average Bonchev–Trinajstić information content (AvgIpc) is 2.69. The molecular formula is C12H21N3O3S. The molecule has 0 spiro atoms. The Kier molecular flexibility index (Phi) is 6.20. The van der Waals surface area contributed by atoms with Gasteiger partial charge in [-0.1, -0.05) is 0 Å². The average molecular weight is 287 g/mol. The number of ether oxygens (including phenoxy) is 1. The molecular weight excluding hydrogens is 266 g/mol. The van der Waals surface area contributed by atoms with Gasteiger partial charge in [-0.25, -0.2) is 9.78 Å². The molecule has 0 saturated carbocycles. The summed E-state index contributed by atoms with van der Waals surface area (Å²) in [5.74, 6) is 0. The second kappa shape index (κ2) is 7.42. The SMILES string of the molecule is CC(C)(C)OC(=O)Nc1nc(CCNCCO)cs1. The largest absolute Gasteiger partial charge is 0.444 e. The lowest BCUT2D eigenvalue weighted by Gasteiger charge is -2.18. The monoisotopic (exact) mass is 287 g/mol. The topological polar surface area (TPSA) is 83.5 Å². The van der Waals surface area contributed by atoms with Crippen LogP contribution in [0, 0.1) is 0 Å². The van der Waals surface area contributed by atoms with Gasteiger partial charge in [0.05, 0.1) is 12.3 Å². The van der Waals surface area contributed by atoms with Gasteiger partial charge in [0, 0.05) is 24.9 Å². The minimum absolute atomic E-state index is 0.127. The number of nitrogens with zero attached hydrogens (tertiary/aromatic N) is 1. The first-order chi connectivity index (χ1) is 8.90. The highest BCUT2D eigenvalue weighted by molar-refractivity contribution is 7.13. The Morgan fingerprint density at radius 1 is 1.47 bits per heavy atom. The molecule has 0 aliphatic rings. The number of aliphatic hydroxyl groups is 1. The van der Waals surface area contributed by atoms with Crippen LogP contribution < -0.4 is 10.6 Å². The number of hydrogen-bond donors (Lipinski definition) is 3. The Hall–Kier alpha value is -1.18. The van der Waals surface area contributed by atoms with E-state index in [9.17, 15) is 4.79 Å².